The van der Waals surface area contributed by atoms with E-state index in [1.165, 1.54) is 11.8 Å². The lowest BCUT2D eigenvalue weighted by Gasteiger charge is -2.28. The molecule has 0 saturated carbocycles. The van der Waals surface area contributed by atoms with E-state index in [9.17, 15) is 14.7 Å². The van der Waals surface area contributed by atoms with Gasteiger partial charge >= 0.3 is 5.97 Å². The van der Waals surface area contributed by atoms with Crippen LogP contribution in [0.2, 0.25) is 5.02 Å². The third-order valence-electron chi connectivity index (χ3n) is 3.97. The Balaban J connectivity index is 2.02. The molecule has 4 nitrogen and oxygen atoms in total. The number of fused-ring (bicyclic) bond motifs is 1. The predicted octanol–water partition coefficient (Wildman–Crippen LogP) is 3.00. The van der Waals surface area contributed by atoms with Gasteiger partial charge < -0.3 is 5.11 Å². The Labute approximate surface area is 131 Å². The predicted molar refractivity (Wildman–Crippen MR) is 83.2 cm³/mol. The number of carbonyl (C=O) groups is 2. The minimum Gasteiger partial charge on any atom is -0.480 e. The quantitative estimate of drug-likeness (QED) is 0.928. The van der Waals surface area contributed by atoms with Gasteiger partial charge in [-0.1, -0.05) is 41.6 Å². The third kappa shape index (κ3) is 2.72. The smallest absolute Gasteiger partial charge is 0.316 e. The van der Waals surface area contributed by atoms with Gasteiger partial charge in [-0.25, -0.2) is 0 Å². The highest BCUT2D eigenvalue weighted by Crippen LogP contribution is 2.42. The number of nitrogens with zero attached hydrogens (tertiary/aromatic N) is 1. The molecular formula is C15H14ClNO3S. The van der Waals surface area contributed by atoms with Crippen LogP contribution in [0.4, 0.5) is 0 Å². The molecule has 2 aliphatic heterocycles. The Kier molecular flexibility index (Phi) is 4.04. The Bertz CT molecular complexity index is 631. The number of aliphatic imine (C=N–C) groups is 1. The maximum absolute atomic E-state index is 11.8. The molecule has 3 rings (SSSR count). The summed E-state index contributed by atoms with van der Waals surface area (Å²) in [6.45, 7) is 0.574. The van der Waals surface area contributed by atoms with Crippen LogP contribution in [0.1, 0.15) is 24.3 Å². The van der Waals surface area contributed by atoms with Crippen LogP contribution in [-0.2, 0) is 9.59 Å². The van der Waals surface area contributed by atoms with E-state index < -0.39 is 11.9 Å². The maximum Gasteiger partial charge on any atom is 0.316 e. The molecule has 2 heterocycles. The molecule has 6 heteroatoms. The first kappa shape index (κ1) is 14.6. The lowest BCUT2D eigenvalue weighted by molar-refractivity contribution is -0.137. The zero-order valence-corrected chi connectivity index (χ0v) is 12.7. The van der Waals surface area contributed by atoms with Crippen molar-refractivity contribution in [3.8, 4) is 0 Å². The molecule has 1 aromatic rings. The number of rotatable bonds is 3. The highest BCUT2D eigenvalue weighted by molar-refractivity contribution is 8.14. The lowest BCUT2D eigenvalue weighted by atomic mass is 9.81. The second kappa shape index (κ2) is 5.81. The van der Waals surface area contributed by atoms with Gasteiger partial charge in [0.1, 0.15) is 5.92 Å². The molecule has 1 saturated heterocycles. The number of benzene rings is 1. The van der Waals surface area contributed by atoms with Gasteiger partial charge in [-0.05, 0) is 18.1 Å². The number of carboxylic acid groups (broad SMARTS) is 1. The summed E-state index contributed by atoms with van der Waals surface area (Å²) < 4.78 is 0. The van der Waals surface area contributed by atoms with Crippen LogP contribution in [0.3, 0.4) is 0 Å². The van der Waals surface area contributed by atoms with Gasteiger partial charge in [-0.3, -0.25) is 14.6 Å². The third-order valence-corrected chi connectivity index (χ3v) is 5.61. The molecule has 0 bridgehead atoms. The first-order chi connectivity index (χ1) is 10.1. The molecule has 1 aromatic carbocycles. The molecule has 110 valence electrons. The first-order valence-electron chi connectivity index (χ1n) is 6.79. The van der Waals surface area contributed by atoms with E-state index in [-0.39, 0.29) is 16.3 Å². The van der Waals surface area contributed by atoms with E-state index in [4.69, 9.17) is 11.6 Å². The van der Waals surface area contributed by atoms with Gasteiger partial charge in [0.05, 0.1) is 0 Å². The molecule has 0 amide bonds. The molecular weight excluding hydrogens is 310 g/mol. The van der Waals surface area contributed by atoms with Crippen LogP contribution in [0.5, 0.6) is 0 Å². The molecule has 21 heavy (non-hydrogen) atoms. The van der Waals surface area contributed by atoms with Crippen LogP contribution in [-0.4, -0.2) is 33.7 Å². The summed E-state index contributed by atoms with van der Waals surface area (Å²) in [6.07, 6.45) is 1.21. The van der Waals surface area contributed by atoms with Gasteiger partial charge in [-0.2, -0.15) is 0 Å². The van der Waals surface area contributed by atoms with E-state index >= 15 is 0 Å². The van der Waals surface area contributed by atoms with Crippen molar-refractivity contribution in [1.29, 1.82) is 0 Å². The molecule has 0 aliphatic carbocycles. The molecule has 0 spiro atoms. The second-order valence-electron chi connectivity index (χ2n) is 5.23. The average molecular weight is 324 g/mol. The molecule has 3 unspecified atom stereocenters. The Morgan fingerprint density at radius 1 is 1.43 bits per heavy atom. The molecule has 2 aliphatic rings. The Hall–Kier alpha value is -1.33. The van der Waals surface area contributed by atoms with Crippen LogP contribution < -0.4 is 0 Å². The number of halogens is 1. The summed E-state index contributed by atoms with van der Waals surface area (Å²) in [5, 5.41) is 10.4. The van der Waals surface area contributed by atoms with Crippen molar-refractivity contribution in [2.75, 3.05) is 6.54 Å². The number of thioether (sulfide) groups is 1. The fraction of sp³-hybridized carbons (Fsp3) is 0.400. The van der Waals surface area contributed by atoms with E-state index in [0.29, 0.717) is 29.3 Å². The lowest BCUT2D eigenvalue weighted by Crippen LogP contribution is -2.35. The van der Waals surface area contributed by atoms with Crippen molar-refractivity contribution in [2.24, 2.45) is 10.9 Å². The summed E-state index contributed by atoms with van der Waals surface area (Å²) in [4.78, 5) is 27.9. The monoisotopic (exact) mass is 323 g/mol. The minimum absolute atomic E-state index is 0.0753. The molecule has 0 aromatic heterocycles. The van der Waals surface area contributed by atoms with Crippen LogP contribution in [0.25, 0.3) is 0 Å². The van der Waals surface area contributed by atoms with Crippen LogP contribution in [0, 0.1) is 5.92 Å². The second-order valence-corrected chi connectivity index (χ2v) is 6.93. The van der Waals surface area contributed by atoms with Crippen molar-refractivity contribution in [3.05, 3.63) is 34.9 Å². The van der Waals surface area contributed by atoms with Gasteiger partial charge in [0, 0.05) is 34.9 Å². The number of hydrogen-bond acceptors (Lipinski definition) is 4. The van der Waals surface area contributed by atoms with Crippen LogP contribution in [0.15, 0.2) is 29.3 Å². The highest BCUT2D eigenvalue weighted by atomic mass is 35.5. The number of carbonyl (C=O) groups excluding carboxylic acids is 1. The number of hydrogen-bond donors (Lipinski definition) is 1. The van der Waals surface area contributed by atoms with E-state index in [2.05, 4.69) is 4.99 Å². The highest BCUT2D eigenvalue weighted by Gasteiger charge is 2.43. The van der Waals surface area contributed by atoms with Crippen LogP contribution >= 0.6 is 23.4 Å². The Morgan fingerprint density at radius 3 is 2.90 bits per heavy atom. The van der Waals surface area contributed by atoms with E-state index in [0.717, 1.165) is 6.42 Å². The standard InChI is InChI=1S/C15H14ClNO3S/c16-10-4-2-1-3-8(10)13(15(19)20)14-9-7-12(18)21-11(9)5-6-17-14/h1-4,9,11,13H,5-7H2,(H,19,20). The molecule has 3 atom stereocenters. The largest absolute Gasteiger partial charge is 0.480 e. The zero-order valence-electron chi connectivity index (χ0n) is 11.2. The normalized spacial score (nSPS) is 26.1. The van der Waals surface area contributed by atoms with Gasteiger partial charge in [0.25, 0.3) is 0 Å². The van der Waals surface area contributed by atoms with Gasteiger partial charge in [0.15, 0.2) is 5.12 Å². The molecule has 0 radical (unpaired) electrons. The zero-order chi connectivity index (χ0) is 15.0. The average Bonchev–Trinajstić information content (AvgIpc) is 2.82. The summed E-state index contributed by atoms with van der Waals surface area (Å²) in [6, 6.07) is 6.94. The van der Waals surface area contributed by atoms with E-state index in [1.807, 2.05) is 0 Å². The topological polar surface area (TPSA) is 66.7 Å². The first-order valence-corrected chi connectivity index (χ1v) is 8.04. The summed E-state index contributed by atoms with van der Waals surface area (Å²) in [5.74, 6) is -1.90. The number of carboxylic acids is 1. The van der Waals surface area contributed by atoms with Gasteiger partial charge in [-0.15, -0.1) is 0 Å². The van der Waals surface area contributed by atoms with E-state index in [1.54, 1.807) is 24.3 Å². The van der Waals surface area contributed by atoms with Crippen molar-refractivity contribution >= 4 is 40.2 Å². The molecule has 1 fully saturated rings. The maximum atomic E-state index is 11.8. The molecule has 1 N–H and O–H groups in total. The van der Waals surface area contributed by atoms with Crippen molar-refractivity contribution in [2.45, 2.75) is 24.0 Å². The summed E-state index contributed by atoms with van der Waals surface area (Å²) >= 11 is 7.50. The number of aliphatic carboxylic acids is 1. The van der Waals surface area contributed by atoms with Crippen molar-refractivity contribution < 1.29 is 14.7 Å². The minimum atomic E-state index is -0.966. The Morgan fingerprint density at radius 2 is 2.19 bits per heavy atom. The van der Waals surface area contributed by atoms with Gasteiger partial charge in [0.2, 0.25) is 0 Å². The SMILES string of the molecule is O=C1CC2C(C(C(=O)O)c3ccccc3Cl)=NCCC2S1. The summed E-state index contributed by atoms with van der Waals surface area (Å²) in [7, 11) is 0. The van der Waals surface area contributed by atoms with Crippen molar-refractivity contribution in [1.82, 2.24) is 0 Å². The fourth-order valence-corrected chi connectivity index (χ4v) is 4.52. The summed E-state index contributed by atoms with van der Waals surface area (Å²) in [5.41, 5.74) is 1.15. The fourth-order valence-electron chi connectivity index (χ4n) is 3.04. The van der Waals surface area contributed by atoms with Crippen molar-refractivity contribution in [3.63, 3.8) is 0 Å².